The zero-order chi connectivity index (χ0) is 13.1. The molecule has 0 aliphatic carbocycles. The number of aromatic nitrogens is 2. The van der Waals surface area contributed by atoms with Gasteiger partial charge in [-0.05, 0) is 19.1 Å². The van der Waals surface area contributed by atoms with Crippen LogP contribution in [-0.2, 0) is 6.54 Å². The van der Waals surface area contributed by atoms with E-state index in [4.69, 9.17) is 21.9 Å². The fourth-order valence-corrected chi connectivity index (χ4v) is 1.60. The van der Waals surface area contributed by atoms with E-state index in [1.54, 1.807) is 25.1 Å². The van der Waals surface area contributed by atoms with Gasteiger partial charge in [0.2, 0.25) is 5.89 Å². The number of amides is 1. The first kappa shape index (κ1) is 12.4. The van der Waals surface area contributed by atoms with E-state index in [1.165, 1.54) is 0 Å². The van der Waals surface area contributed by atoms with E-state index < -0.39 is 0 Å². The van der Waals surface area contributed by atoms with E-state index in [1.807, 2.05) is 0 Å². The molecule has 1 heterocycles. The van der Waals surface area contributed by atoms with Crippen LogP contribution in [0, 0.1) is 6.92 Å². The topological polar surface area (TPSA) is 94.0 Å². The molecule has 2 aromatic rings. The second-order valence-electron chi connectivity index (χ2n) is 3.63. The Morgan fingerprint density at radius 3 is 3.00 bits per heavy atom. The summed E-state index contributed by atoms with van der Waals surface area (Å²) in [4.78, 5) is 15.8. The van der Waals surface area contributed by atoms with Crippen molar-refractivity contribution >= 4 is 23.2 Å². The molecule has 2 rings (SSSR count). The zero-order valence-corrected chi connectivity index (χ0v) is 10.4. The molecule has 94 valence electrons. The van der Waals surface area contributed by atoms with Crippen molar-refractivity contribution in [2.75, 3.05) is 5.73 Å². The number of anilines is 1. The van der Waals surface area contributed by atoms with E-state index in [0.717, 1.165) is 0 Å². The number of aryl methyl sites for hydroxylation is 1. The summed E-state index contributed by atoms with van der Waals surface area (Å²) in [6.07, 6.45) is 0. The molecule has 1 amide bonds. The molecular formula is C11H11ClN4O2. The first-order valence-electron chi connectivity index (χ1n) is 5.19. The van der Waals surface area contributed by atoms with Crippen LogP contribution in [0.3, 0.4) is 0 Å². The first-order chi connectivity index (χ1) is 8.58. The van der Waals surface area contributed by atoms with Gasteiger partial charge in [0.25, 0.3) is 5.91 Å². The molecular weight excluding hydrogens is 256 g/mol. The maximum atomic E-state index is 11.9. The molecule has 3 N–H and O–H groups in total. The summed E-state index contributed by atoms with van der Waals surface area (Å²) in [5.41, 5.74) is 6.29. The Kier molecular flexibility index (Phi) is 3.47. The van der Waals surface area contributed by atoms with Crippen molar-refractivity contribution in [1.29, 1.82) is 0 Å². The summed E-state index contributed by atoms with van der Waals surface area (Å²) in [6, 6.07) is 4.88. The summed E-state index contributed by atoms with van der Waals surface area (Å²) in [7, 11) is 0. The highest BCUT2D eigenvalue weighted by molar-refractivity contribution is 6.36. The second kappa shape index (κ2) is 5.05. The number of nitrogens with zero attached hydrogens (tertiary/aromatic N) is 2. The molecule has 0 bridgehead atoms. The third kappa shape index (κ3) is 2.60. The number of nitrogens with two attached hydrogens (primary N) is 1. The number of nitrogen functional groups attached to an aromatic ring is 1. The molecule has 0 saturated carbocycles. The predicted molar refractivity (Wildman–Crippen MR) is 66.1 cm³/mol. The maximum Gasteiger partial charge on any atom is 0.253 e. The Labute approximate surface area is 108 Å². The molecule has 0 spiro atoms. The number of nitrogens with one attached hydrogen (secondary N) is 1. The van der Waals surface area contributed by atoms with Gasteiger partial charge in [-0.3, -0.25) is 4.79 Å². The Hall–Kier alpha value is -2.08. The Morgan fingerprint density at radius 2 is 2.33 bits per heavy atom. The van der Waals surface area contributed by atoms with Crippen LogP contribution in [0.15, 0.2) is 22.7 Å². The average molecular weight is 267 g/mol. The standard InChI is InChI=1S/C11H11ClN4O2/c1-6-15-9(18-16-6)5-14-11(17)7-3-2-4-8(13)10(7)12/h2-4H,5,13H2,1H3,(H,14,17). The van der Waals surface area contributed by atoms with Gasteiger partial charge in [-0.1, -0.05) is 22.8 Å². The van der Waals surface area contributed by atoms with E-state index in [9.17, 15) is 4.79 Å². The monoisotopic (exact) mass is 266 g/mol. The maximum absolute atomic E-state index is 11.9. The van der Waals surface area contributed by atoms with Gasteiger partial charge in [-0.25, -0.2) is 0 Å². The van der Waals surface area contributed by atoms with Gasteiger partial charge < -0.3 is 15.6 Å². The Bertz CT molecular complexity index is 582. The Balaban J connectivity index is 2.06. The highest BCUT2D eigenvalue weighted by atomic mass is 35.5. The van der Waals surface area contributed by atoms with Gasteiger partial charge in [-0.15, -0.1) is 0 Å². The number of rotatable bonds is 3. The number of halogens is 1. The lowest BCUT2D eigenvalue weighted by Gasteiger charge is -2.06. The summed E-state index contributed by atoms with van der Waals surface area (Å²) in [6.45, 7) is 1.84. The van der Waals surface area contributed by atoms with Crippen molar-refractivity contribution in [3.63, 3.8) is 0 Å². The van der Waals surface area contributed by atoms with Crippen molar-refractivity contribution in [2.24, 2.45) is 0 Å². The lowest BCUT2D eigenvalue weighted by Crippen LogP contribution is -2.23. The number of benzene rings is 1. The lowest BCUT2D eigenvalue weighted by molar-refractivity contribution is 0.0946. The van der Waals surface area contributed by atoms with Gasteiger partial charge in [0.1, 0.15) is 0 Å². The normalized spacial score (nSPS) is 10.3. The second-order valence-corrected chi connectivity index (χ2v) is 4.00. The molecule has 7 heteroatoms. The fraction of sp³-hybridized carbons (Fsp3) is 0.182. The molecule has 0 saturated heterocycles. The fourth-order valence-electron chi connectivity index (χ4n) is 1.39. The van der Waals surface area contributed by atoms with Gasteiger partial charge in [0, 0.05) is 0 Å². The SMILES string of the molecule is Cc1noc(CNC(=O)c2cccc(N)c2Cl)n1. The van der Waals surface area contributed by atoms with Crippen molar-refractivity contribution in [1.82, 2.24) is 15.5 Å². The van der Waals surface area contributed by atoms with Crippen LogP contribution in [0.25, 0.3) is 0 Å². The lowest BCUT2D eigenvalue weighted by atomic mass is 10.2. The number of hydrogen-bond donors (Lipinski definition) is 2. The van der Waals surface area contributed by atoms with Crippen LogP contribution >= 0.6 is 11.6 Å². The molecule has 18 heavy (non-hydrogen) atoms. The van der Waals surface area contributed by atoms with Crippen LogP contribution in [0.1, 0.15) is 22.1 Å². The molecule has 6 nitrogen and oxygen atoms in total. The summed E-state index contributed by atoms with van der Waals surface area (Å²) in [5.74, 6) is 0.505. The quantitative estimate of drug-likeness (QED) is 0.822. The van der Waals surface area contributed by atoms with Crippen LogP contribution in [-0.4, -0.2) is 16.0 Å². The van der Waals surface area contributed by atoms with Gasteiger partial charge in [-0.2, -0.15) is 4.98 Å². The minimum atomic E-state index is -0.344. The van der Waals surface area contributed by atoms with Crippen molar-refractivity contribution in [2.45, 2.75) is 13.5 Å². The summed E-state index contributed by atoms with van der Waals surface area (Å²) < 4.78 is 4.87. The largest absolute Gasteiger partial charge is 0.398 e. The molecule has 0 atom stereocenters. The van der Waals surface area contributed by atoms with E-state index in [-0.39, 0.29) is 17.5 Å². The van der Waals surface area contributed by atoms with Crippen LogP contribution in [0.5, 0.6) is 0 Å². The highest BCUT2D eigenvalue weighted by Gasteiger charge is 2.13. The number of carbonyl (C=O) groups excluding carboxylic acids is 1. The van der Waals surface area contributed by atoms with Crippen LogP contribution < -0.4 is 11.1 Å². The van der Waals surface area contributed by atoms with Crippen molar-refractivity contribution in [3.05, 3.63) is 40.5 Å². The molecule has 0 fully saturated rings. The molecule has 1 aromatic heterocycles. The smallest absolute Gasteiger partial charge is 0.253 e. The predicted octanol–water partition coefficient (Wildman–Crippen LogP) is 1.54. The number of carbonyl (C=O) groups is 1. The van der Waals surface area contributed by atoms with Crippen LogP contribution in [0.4, 0.5) is 5.69 Å². The summed E-state index contributed by atoms with van der Waals surface area (Å²) in [5, 5.41) is 6.47. The van der Waals surface area contributed by atoms with E-state index in [0.29, 0.717) is 23.0 Å². The minimum absolute atomic E-state index is 0.144. The molecule has 0 unspecified atom stereocenters. The third-order valence-corrected chi connectivity index (χ3v) is 2.66. The van der Waals surface area contributed by atoms with Crippen molar-refractivity contribution < 1.29 is 9.32 Å². The molecule has 1 aromatic carbocycles. The number of hydrogen-bond acceptors (Lipinski definition) is 5. The van der Waals surface area contributed by atoms with Crippen LogP contribution in [0.2, 0.25) is 5.02 Å². The van der Waals surface area contributed by atoms with E-state index in [2.05, 4.69) is 15.5 Å². The highest BCUT2D eigenvalue weighted by Crippen LogP contribution is 2.22. The third-order valence-electron chi connectivity index (χ3n) is 2.24. The average Bonchev–Trinajstić information content (AvgIpc) is 2.76. The Morgan fingerprint density at radius 1 is 1.56 bits per heavy atom. The zero-order valence-electron chi connectivity index (χ0n) is 9.61. The minimum Gasteiger partial charge on any atom is -0.398 e. The molecule has 0 aliphatic rings. The molecule has 0 aliphatic heterocycles. The van der Waals surface area contributed by atoms with E-state index >= 15 is 0 Å². The van der Waals surface area contributed by atoms with Gasteiger partial charge in [0.15, 0.2) is 5.82 Å². The first-order valence-corrected chi connectivity index (χ1v) is 5.57. The van der Waals surface area contributed by atoms with Gasteiger partial charge in [0.05, 0.1) is 22.8 Å². The molecule has 0 radical (unpaired) electrons. The van der Waals surface area contributed by atoms with Crippen molar-refractivity contribution in [3.8, 4) is 0 Å². The summed E-state index contributed by atoms with van der Waals surface area (Å²) >= 11 is 5.94. The van der Waals surface area contributed by atoms with Gasteiger partial charge >= 0.3 is 0 Å².